The lowest BCUT2D eigenvalue weighted by atomic mass is 10.1. The Labute approximate surface area is 157 Å². The van der Waals surface area contributed by atoms with Gasteiger partial charge in [0.05, 0.1) is 4.92 Å². The van der Waals surface area contributed by atoms with Gasteiger partial charge in [-0.1, -0.05) is 5.92 Å². The van der Waals surface area contributed by atoms with Gasteiger partial charge in [0, 0.05) is 30.4 Å². The van der Waals surface area contributed by atoms with Gasteiger partial charge < -0.3 is 15.0 Å². The first kappa shape index (κ1) is 18.3. The highest BCUT2D eigenvalue weighted by Crippen LogP contribution is 2.32. The van der Waals surface area contributed by atoms with E-state index in [2.05, 4.69) is 11.2 Å². The van der Waals surface area contributed by atoms with E-state index in [4.69, 9.17) is 11.2 Å². The molecule has 1 aliphatic rings. The largest absolute Gasteiger partial charge is 0.481 e. The molecule has 1 N–H and O–H groups in total. The zero-order chi connectivity index (χ0) is 19.2. The maximum Gasteiger partial charge on any atom is 0.293 e. The average Bonchev–Trinajstić information content (AvgIpc) is 3.21. The Bertz CT molecular complexity index is 881. The quantitative estimate of drug-likeness (QED) is 0.481. The van der Waals surface area contributed by atoms with E-state index in [-0.39, 0.29) is 17.9 Å². The van der Waals surface area contributed by atoms with Gasteiger partial charge in [0.15, 0.2) is 0 Å². The molecule has 138 valence electrons. The highest BCUT2D eigenvalue weighted by atomic mass is 16.6. The Morgan fingerprint density at radius 3 is 2.56 bits per heavy atom. The summed E-state index contributed by atoms with van der Waals surface area (Å²) in [5, 5.41) is 14.2. The number of benzene rings is 2. The summed E-state index contributed by atoms with van der Waals surface area (Å²) in [6.45, 7) is 1.75. The van der Waals surface area contributed by atoms with Crippen molar-refractivity contribution in [2.24, 2.45) is 0 Å². The molecule has 7 heteroatoms. The highest BCUT2D eigenvalue weighted by Gasteiger charge is 2.23. The van der Waals surface area contributed by atoms with Gasteiger partial charge in [-0.15, -0.1) is 6.42 Å². The van der Waals surface area contributed by atoms with E-state index in [1.807, 2.05) is 4.90 Å². The SMILES string of the molecule is C#CCOc1ccc(NC(=O)c2ccc(N3CCCC3)c([N+](=O)[O-])c2)cc1. The first-order valence-corrected chi connectivity index (χ1v) is 8.59. The van der Waals surface area contributed by atoms with Crippen molar-refractivity contribution in [3.05, 3.63) is 58.1 Å². The number of rotatable bonds is 6. The van der Waals surface area contributed by atoms with Gasteiger partial charge in [0.2, 0.25) is 0 Å². The van der Waals surface area contributed by atoms with Crippen LogP contribution in [0.1, 0.15) is 23.2 Å². The fraction of sp³-hybridized carbons (Fsp3) is 0.250. The van der Waals surface area contributed by atoms with Gasteiger partial charge in [0.1, 0.15) is 18.0 Å². The summed E-state index contributed by atoms with van der Waals surface area (Å²) in [4.78, 5) is 25.5. The number of anilines is 2. The molecule has 0 aliphatic carbocycles. The third-order valence-electron chi connectivity index (χ3n) is 4.32. The molecule has 2 aromatic rings. The van der Waals surface area contributed by atoms with E-state index >= 15 is 0 Å². The van der Waals surface area contributed by atoms with Crippen molar-refractivity contribution in [2.45, 2.75) is 12.8 Å². The standard InChI is InChI=1S/C20H19N3O4/c1-2-13-27-17-8-6-16(7-9-17)21-20(24)15-5-10-18(19(14-15)23(25)26)22-11-3-4-12-22/h1,5-10,14H,3-4,11-13H2,(H,21,24). The Hall–Kier alpha value is -3.53. The maximum atomic E-state index is 12.5. The van der Waals surface area contributed by atoms with Gasteiger partial charge in [-0.2, -0.15) is 0 Å². The average molecular weight is 365 g/mol. The van der Waals surface area contributed by atoms with Crippen LogP contribution in [0, 0.1) is 22.5 Å². The molecule has 7 nitrogen and oxygen atoms in total. The molecule has 1 amide bonds. The predicted molar refractivity (Wildman–Crippen MR) is 103 cm³/mol. The molecule has 1 heterocycles. The molecule has 0 bridgehead atoms. The van der Waals surface area contributed by atoms with Crippen molar-refractivity contribution >= 4 is 23.0 Å². The number of carbonyl (C=O) groups is 1. The molecule has 1 aliphatic heterocycles. The molecular weight excluding hydrogens is 346 g/mol. The van der Waals surface area contributed by atoms with Gasteiger partial charge in [-0.3, -0.25) is 14.9 Å². The number of terminal acetylenes is 1. The molecule has 2 aromatic carbocycles. The summed E-state index contributed by atoms with van der Waals surface area (Å²) in [6, 6.07) is 11.3. The van der Waals surface area contributed by atoms with E-state index in [1.165, 1.54) is 6.07 Å². The highest BCUT2D eigenvalue weighted by molar-refractivity contribution is 6.05. The minimum atomic E-state index is -0.442. The molecule has 3 rings (SSSR count). The monoisotopic (exact) mass is 365 g/mol. The number of carbonyl (C=O) groups excluding carboxylic acids is 1. The van der Waals surface area contributed by atoms with Crippen LogP contribution in [0.2, 0.25) is 0 Å². The van der Waals surface area contributed by atoms with E-state index in [9.17, 15) is 14.9 Å². The van der Waals surface area contributed by atoms with Crippen molar-refractivity contribution in [1.29, 1.82) is 0 Å². The Morgan fingerprint density at radius 2 is 1.93 bits per heavy atom. The molecule has 0 spiro atoms. The lowest BCUT2D eigenvalue weighted by molar-refractivity contribution is -0.384. The van der Waals surface area contributed by atoms with Crippen molar-refractivity contribution in [3.8, 4) is 18.1 Å². The number of amides is 1. The molecular formula is C20H19N3O4. The topological polar surface area (TPSA) is 84.7 Å². The fourth-order valence-corrected chi connectivity index (χ4v) is 3.00. The number of ether oxygens (including phenoxy) is 1. The van der Waals surface area contributed by atoms with Crippen LogP contribution in [0.5, 0.6) is 5.75 Å². The molecule has 0 radical (unpaired) electrons. The van der Waals surface area contributed by atoms with Gasteiger partial charge >= 0.3 is 0 Å². The Morgan fingerprint density at radius 1 is 1.22 bits per heavy atom. The van der Waals surface area contributed by atoms with Crippen LogP contribution in [0.4, 0.5) is 17.1 Å². The summed E-state index contributed by atoms with van der Waals surface area (Å²) < 4.78 is 5.28. The van der Waals surface area contributed by atoms with E-state index in [1.54, 1.807) is 36.4 Å². The van der Waals surface area contributed by atoms with Crippen molar-refractivity contribution < 1.29 is 14.5 Å². The Balaban J connectivity index is 1.75. The predicted octanol–water partition coefficient (Wildman–Crippen LogP) is 3.46. The second kappa shape index (κ2) is 8.23. The van der Waals surface area contributed by atoms with E-state index in [0.717, 1.165) is 25.9 Å². The van der Waals surface area contributed by atoms with Gasteiger partial charge in [-0.05, 0) is 49.2 Å². The van der Waals surface area contributed by atoms with Gasteiger partial charge in [-0.25, -0.2) is 0 Å². The minimum Gasteiger partial charge on any atom is -0.481 e. The number of nitrogens with zero attached hydrogens (tertiary/aromatic N) is 2. The fourth-order valence-electron chi connectivity index (χ4n) is 3.00. The van der Waals surface area contributed by atoms with Crippen LogP contribution in [0.3, 0.4) is 0 Å². The Kier molecular flexibility index (Phi) is 5.57. The molecule has 0 aromatic heterocycles. The number of nitro groups is 1. The lowest BCUT2D eigenvalue weighted by Crippen LogP contribution is -2.19. The molecule has 0 saturated carbocycles. The summed E-state index contributed by atoms with van der Waals surface area (Å²) in [7, 11) is 0. The first-order valence-electron chi connectivity index (χ1n) is 8.59. The molecule has 0 atom stereocenters. The number of hydrogen-bond donors (Lipinski definition) is 1. The van der Waals surface area contributed by atoms with E-state index in [0.29, 0.717) is 17.1 Å². The summed E-state index contributed by atoms with van der Waals surface area (Å²) in [6.07, 6.45) is 7.17. The molecule has 1 saturated heterocycles. The second-order valence-corrected chi connectivity index (χ2v) is 6.13. The third-order valence-corrected chi connectivity index (χ3v) is 4.32. The minimum absolute atomic E-state index is 0.0532. The van der Waals surface area contributed by atoms with Crippen LogP contribution in [0.25, 0.3) is 0 Å². The second-order valence-electron chi connectivity index (χ2n) is 6.13. The normalized spacial score (nSPS) is 13.1. The van der Waals surface area contributed by atoms with Crippen molar-refractivity contribution in [2.75, 3.05) is 29.9 Å². The number of nitro benzene ring substituents is 1. The van der Waals surface area contributed by atoms with E-state index < -0.39 is 10.8 Å². The molecule has 27 heavy (non-hydrogen) atoms. The van der Waals surface area contributed by atoms with Crippen LogP contribution in [-0.2, 0) is 0 Å². The van der Waals surface area contributed by atoms with Crippen molar-refractivity contribution in [1.82, 2.24) is 0 Å². The third kappa shape index (κ3) is 4.36. The summed E-state index contributed by atoms with van der Waals surface area (Å²) in [5.74, 6) is 2.55. The maximum absolute atomic E-state index is 12.5. The zero-order valence-electron chi connectivity index (χ0n) is 14.7. The van der Waals surface area contributed by atoms with Crippen LogP contribution >= 0.6 is 0 Å². The van der Waals surface area contributed by atoms with Crippen molar-refractivity contribution in [3.63, 3.8) is 0 Å². The summed E-state index contributed by atoms with van der Waals surface area (Å²) in [5.41, 5.74) is 1.29. The molecule has 0 unspecified atom stereocenters. The number of nitrogens with one attached hydrogen (secondary N) is 1. The smallest absolute Gasteiger partial charge is 0.293 e. The van der Waals surface area contributed by atoms with Crippen LogP contribution in [-0.4, -0.2) is 30.5 Å². The number of hydrogen-bond acceptors (Lipinski definition) is 5. The molecule has 1 fully saturated rings. The van der Waals surface area contributed by atoms with Crippen LogP contribution in [0.15, 0.2) is 42.5 Å². The lowest BCUT2D eigenvalue weighted by Gasteiger charge is -2.17. The first-order chi connectivity index (χ1) is 13.1. The van der Waals surface area contributed by atoms with Crippen LogP contribution < -0.4 is 15.0 Å². The summed E-state index contributed by atoms with van der Waals surface area (Å²) >= 11 is 0. The zero-order valence-corrected chi connectivity index (χ0v) is 14.7. The van der Waals surface area contributed by atoms with Gasteiger partial charge in [0.25, 0.3) is 11.6 Å².